The SMILES string of the molecule is CCN1C(=O)C2(c3ccccc31)C(C(=O)Nc1cccc(OC)c1)CC1CSCN12. The summed E-state index contributed by atoms with van der Waals surface area (Å²) in [4.78, 5) is 31.6. The molecule has 3 unspecified atom stereocenters. The Kier molecular flexibility index (Phi) is 4.75. The number of benzene rings is 2. The van der Waals surface area contributed by atoms with Gasteiger partial charge in [-0.1, -0.05) is 24.3 Å². The Bertz CT molecular complexity index is 1010. The van der Waals surface area contributed by atoms with Crippen molar-refractivity contribution in [2.24, 2.45) is 5.92 Å². The van der Waals surface area contributed by atoms with Gasteiger partial charge in [-0.2, -0.15) is 0 Å². The second-order valence-electron chi connectivity index (χ2n) is 7.97. The minimum Gasteiger partial charge on any atom is -0.497 e. The monoisotopic (exact) mass is 423 g/mol. The van der Waals surface area contributed by atoms with Gasteiger partial charge in [0.25, 0.3) is 5.91 Å². The molecule has 1 N–H and O–H groups in total. The van der Waals surface area contributed by atoms with Crippen LogP contribution in [0.5, 0.6) is 5.75 Å². The minimum atomic E-state index is -0.927. The fourth-order valence-corrected chi connectivity index (χ4v) is 6.63. The van der Waals surface area contributed by atoms with E-state index in [-0.39, 0.29) is 17.9 Å². The molecule has 2 aromatic rings. The maximum atomic E-state index is 13.9. The summed E-state index contributed by atoms with van der Waals surface area (Å²) in [5.74, 6) is 1.88. The molecule has 0 saturated carbocycles. The molecular formula is C23H25N3O3S. The van der Waals surface area contributed by atoms with Crippen molar-refractivity contribution < 1.29 is 14.3 Å². The van der Waals surface area contributed by atoms with Crippen LogP contribution in [0.25, 0.3) is 0 Å². The van der Waals surface area contributed by atoms with Gasteiger partial charge in [0.05, 0.1) is 13.0 Å². The van der Waals surface area contributed by atoms with Crippen LogP contribution in [0.1, 0.15) is 18.9 Å². The molecule has 2 amide bonds. The van der Waals surface area contributed by atoms with Gasteiger partial charge >= 0.3 is 0 Å². The lowest BCUT2D eigenvalue weighted by molar-refractivity contribution is -0.136. The van der Waals surface area contributed by atoms with Crippen LogP contribution in [0.15, 0.2) is 48.5 Å². The molecule has 0 radical (unpaired) electrons. The van der Waals surface area contributed by atoms with Gasteiger partial charge in [-0.25, -0.2) is 0 Å². The van der Waals surface area contributed by atoms with Crippen molar-refractivity contribution in [3.8, 4) is 5.75 Å². The number of nitrogens with zero attached hydrogens (tertiary/aromatic N) is 2. The summed E-state index contributed by atoms with van der Waals surface area (Å²) in [6, 6.07) is 15.5. The molecule has 156 valence electrons. The molecule has 3 atom stereocenters. The molecule has 3 heterocycles. The fourth-order valence-electron chi connectivity index (χ4n) is 5.33. The number of nitrogens with one attached hydrogen (secondary N) is 1. The van der Waals surface area contributed by atoms with Gasteiger partial charge in [-0.05, 0) is 31.5 Å². The molecule has 0 aromatic heterocycles. The molecule has 6 nitrogen and oxygen atoms in total. The molecule has 3 aliphatic rings. The summed E-state index contributed by atoms with van der Waals surface area (Å²) in [5.41, 5.74) is 1.65. The van der Waals surface area contributed by atoms with E-state index in [9.17, 15) is 9.59 Å². The highest BCUT2D eigenvalue weighted by molar-refractivity contribution is 7.99. The van der Waals surface area contributed by atoms with E-state index >= 15 is 0 Å². The predicted molar refractivity (Wildman–Crippen MR) is 119 cm³/mol. The van der Waals surface area contributed by atoms with E-state index in [1.165, 1.54) is 0 Å². The topological polar surface area (TPSA) is 61.9 Å². The maximum absolute atomic E-state index is 13.9. The Morgan fingerprint density at radius 1 is 1.27 bits per heavy atom. The first-order valence-electron chi connectivity index (χ1n) is 10.3. The summed E-state index contributed by atoms with van der Waals surface area (Å²) in [7, 11) is 1.60. The molecule has 2 aromatic carbocycles. The number of carbonyl (C=O) groups is 2. The fraction of sp³-hybridized carbons (Fsp3) is 0.391. The highest BCUT2D eigenvalue weighted by atomic mass is 32.2. The van der Waals surface area contributed by atoms with Crippen LogP contribution in [0, 0.1) is 5.92 Å². The lowest BCUT2D eigenvalue weighted by Gasteiger charge is -2.36. The number of thioether (sulfide) groups is 1. The predicted octanol–water partition coefficient (Wildman–Crippen LogP) is 3.29. The highest BCUT2D eigenvalue weighted by Gasteiger charge is 2.67. The average molecular weight is 424 g/mol. The zero-order chi connectivity index (χ0) is 20.9. The van der Waals surface area contributed by atoms with Gasteiger partial charge in [-0.3, -0.25) is 14.5 Å². The highest BCUT2D eigenvalue weighted by Crippen LogP contribution is 2.57. The van der Waals surface area contributed by atoms with Crippen LogP contribution in [0.3, 0.4) is 0 Å². The van der Waals surface area contributed by atoms with E-state index in [4.69, 9.17) is 4.74 Å². The number of amides is 2. The molecule has 0 bridgehead atoms. The Balaban J connectivity index is 1.58. The van der Waals surface area contributed by atoms with Gasteiger partial charge in [-0.15, -0.1) is 11.8 Å². The Morgan fingerprint density at radius 2 is 2.10 bits per heavy atom. The summed E-state index contributed by atoms with van der Waals surface area (Å²) in [5, 5.41) is 3.06. The maximum Gasteiger partial charge on any atom is 0.253 e. The first-order valence-corrected chi connectivity index (χ1v) is 11.5. The number of rotatable bonds is 4. The second-order valence-corrected chi connectivity index (χ2v) is 8.97. The normalized spacial score (nSPS) is 27.4. The zero-order valence-electron chi connectivity index (χ0n) is 17.1. The van der Waals surface area contributed by atoms with E-state index in [2.05, 4.69) is 10.2 Å². The van der Waals surface area contributed by atoms with Gasteiger partial charge in [0.15, 0.2) is 0 Å². The van der Waals surface area contributed by atoms with E-state index in [0.29, 0.717) is 24.4 Å². The van der Waals surface area contributed by atoms with E-state index in [1.54, 1.807) is 13.2 Å². The molecule has 2 saturated heterocycles. The first kappa shape index (κ1) is 19.5. The lowest BCUT2D eigenvalue weighted by atomic mass is 9.79. The third-order valence-electron chi connectivity index (χ3n) is 6.59. The van der Waals surface area contributed by atoms with Gasteiger partial charge in [0, 0.05) is 47.2 Å². The molecule has 30 heavy (non-hydrogen) atoms. The number of ether oxygens (including phenoxy) is 1. The van der Waals surface area contributed by atoms with Crippen LogP contribution >= 0.6 is 11.8 Å². The number of anilines is 2. The van der Waals surface area contributed by atoms with Crippen molar-refractivity contribution in [1.29, 1.82) is 0 Å². The van der Waals surface area contributed by atoms with Crippen LogP contribution in [-0.4, -0.2) is 48.0 Å². The molecule has 5 rings (SSSR count). The molecule has 7 heteroatoms. The van der Waals surface area contributed by atoms with Gasteiger partial charge < -0.3 is 15.0 Å². The van der Waals surface area contributed by atoms with E-state index in [0.717, 1.165) is 22.9 Å². The standard InChI is InChI=1S/C23H25N3O3S/c1-3-25-20-10-5-4-9-18(20)23(22(25)28)19(12-16-13-30-14-26(16)23)21(27)24-15-7-6-8-17(11-15)29-2/h4-11,16,19H,3,12-14H2,1-2H3,(H,24,27). The van der Waals surface area contributed by atoms with Gasteiger partial charge in [0.1, 0.15) is 11.3 Å². The Hall–Kier alpha value is -2.51. The zero-order valence-corrected chi connectivity index (χ0v) is 17.9. The number of methoxy groups -OCH3 is 1. The Morgan fingerprint density at radius 3 is 2.90 bits per heavy atom. The summed E-state index contributed by atoms with van der Waals surface area (Å²) in [6.07, 6.45) is 0.681. The average Bonchev–Trinajstić information content (AvgIpc) is 3.41. The quantitative estimate of drug-likeness (QED) is 0.818. The molecule has 1 spiro atoms. The smallest absolute Gasteiger partial charge is 0.253 e. The Labute approximate surface area is 180 Å². The molecule has 0 aliphatic carbocycles. The second kappa shape index (κ2) is 7.32. The number of hydrogen-bond acceptors (Lipinski definition) is 5. The number of carbonyl (C=O) groups excluding carboxylic acids is 2. The van der Waals surface area contributed by atoms with Crippen molar-refractivity contribution in [3.05, 3.63) is 54.1 Å². The van der Waals surface area contributed by atoms with Crippen LogP contribution < -0.4 is 15.0 Å². The van der Waals surface area contributed by atoms with Crippen LogP contribution in [0.4, 0.5) is 11.4 Å². The third kappa shape index (κ3) is 2.61. The molecule has 3 aliphatic heterocycles. The number of hydrogen-bond donors (Lipinski definition) is 1. The number of fused-ring (bicyclic) bond motifs is 4. The summed E-state index contributed by atoms with van der Waals surface area (Å²) < 4.78 is 5.28. The number of para-hydroxylation sites is 1. The molecule has 2 fully saturated rings. The van der Waals surface area contributed by atoms with Crippen molar-refractivity contribution in [3.63, 3.8) is 0 Å². The summed E-state index contributed by atoms with van der Waals surface area (Å²) in [6.45, 7) is 2.58. The molecular weight excluding hydrogens is 398 g/mol. The lowest BCUT2D eigenvalue weighted by Crippen LogP contribution is -2.55. The van der Waals surface area contributed by atoms with E-state index in [1.807, 2.05) is 66.1 Å². The van der Waals surface area contributed by atoms with Crippen molar-refractivity contribution in [1.82, 2.24) is 4.90 Å². The van der Waals surface area contributed by atoms with Crippen molar-refractivity contribution >= 4 is 35.0 Å². The van der Waals surface area contributed by atoms with Crippen LogP contribution in [0.2, 0.25) is 0 Å². The van der Waals surface area contributed by atoms with Crippen LogP contribution in [-0.2, 0) is 15.1 Å². The van der Waals surface area contributed by atoms with Crippen molar-refractivity contribution in [2.75, 3.05) is 35.5 Å². The van der Waals surface area contributed by atoms with Crippen molar-refractivity contribution in [2.45, 2.75) is 24.9 Å². The first-order chi connectivity index (χ1) is 14.6. The largest absolute Gasteiger partial charge is 0.497 e. The minimum absolute atomic E-state index is 0.0296. The number of likely N-dealkylation sites (N-methyl/N-ethyl adjacent to an activating group) is 1. The van der Waals surface area contributed by atoms with E-state index < -0.39 is 11.5 Å². The summed E-state index contributed by atoms with van der Waals surface area (Å²) >= 11 is 1.84. The third-order valence-corrected chi connectivity index (χ3v) is 7.67. The van der Waals surface area contributed by atoms with Gasteiger partial charge in [0.2, 0.25) is 5.91 Å².